The average molecular weight is 296 g/mol. The Morgan fingerprint density at radius 3 is 2.33 bits per heavy atom. The Kier molecular flexibility index (Phi) is 3.31. The van der Waals surface area contributed by atoms with Crippen LogP contribution in [0.5, 0.6) is 0 Å². The van der Waals surface area contributed by atoms with E-state index in [-0.39, 0.29) is 5.92 Å². The molecule has 1 aromatic carbocycles. The van der Waals surface area contributed by atoms with Gasteiger partial charge in [0.25, 0.3) is 11.9 Å². The fourth-order valence-electron chi connectivity index (χ4n) is 2.78. The molecule has 3 rings (SSSR count). The summed E-state index contributed by atoms with van der Waals surface area (Å²) >= 11 is 0. The highest BCUT2D eigenvalue weighted by molar-refractivity contribution is 5.50. The molecule has 2 atom stereocenters. The number of nitrogens with zero attached hydrogens (tertiary/aromatic N) is 1. The Hall–Kier alpha value is -2.11. The number of anilines is 1. The molecule has 1 heterocycles. The standard InChI is InChI=1S/C15H12F4N2/c1-7-6-8-4-2-3-5-9(8)12(7)20-13-10(16)14(18)21-15(19)11(13)17/h2-5,7,12H,6H2,1H3,(H,20,21). The van der Waals surface area contributed by atoms with Gasteiger partial charge in [-0.15, -0.1) is 0 Å². The van der Waals surface area contributed by atoms with Gasteiger partial charge in [-0.3, -0.25) is 0 Å². The smallest absolute Gasteiger partial charge is 0.253 e. The van der Waals surface area contributed by atoms with Crippen LogP contribution in [0.4, 0.5) is 23.2 Å². The van der Waals surface area contributed by atoms with Crippen LogP contribution in [-0.2, 0) is 6.42 Å². The predicted octanol–water partition coefficient (Wildman–Crippen LogP) is 3.98. The first-order valence-electron chi connectivity index (χ1n) is 6.53. The van der Waals surface area contributed by atoms with Crippen molar-refractivity contribution in [2.24, 2.45) is 5.92 Å². The molecule has 0 radical (unpaired) electrons. The second-order valence-electron chi connectivity index (χ2n) is 5.20. The van der Waals surface area contributed by atoms with Gasteiger partial charge < -0.3 is 5.32 Å². The van der Waals surface area contributed by atoms with Crippen molar-refractivity contribution >= 4 is 5.69 Å². The molecule has 0 fully saturated rings. The number of aromatic nitrogens is 1. The maximum atomic E-state index is 13.7. The summed E-state index contributed by atoms with van der Waals surface area (Å²) in [6, 6.07) is 7.03. The zero-order chi connectivity index (χ0) is 15.1. The van der Waals surface area contributed by atoms with Crippen LogP contribution < -0.4 is 5.32 Å². The highest BCUT2D eigenvalue weighted by atomic mass is 19.2. The second kappa shape index (κ2) is 5.02. The minimum absolute atomic E-state index is 0.0421. The number of hydrogen-bond acceptors (Lipinski definition) is 2. The maximum Gasteiger partial charge on any atom is 0.253 e. The van der Waals surface area contributed by atoms with Gasteiger partial charge in [-0.1, -0.05) is 31.2 Å². The molecule has 0 amide bonds. The lowest BCUT2D eigenvalue weighted by molar-refractivity contribution is 0.407. The largest absolute Gasteiger partial charge is 0.373 e. The van der Waals surface area contributed by atoms with Crippen molar-refractivity contribution in [1.29, 1.82) is 0 Å². The molecular weight excluding hydrogens is 284 g/mol. The second-order valence-corrected chi connectivity index (χ2v) is 5.20. The molecule has 110 valence electrons. The topological polar surface area (TPSA) is 24.9 Å². The summed E-state index contributed by atoms with van der Waals surface area (Å²) in [5, 5.41) is 2.60. The zero-order valence-electron chi connectivity index (χ0n) is 11.1. The van der Waals surface area contributed by atoms with Crippen molar-refractivity contribution in [3.05, 3.63) is 58.9 Å². The van der Waals surface area contributed by atoms with Crippen LogP contribution in [0.1, 0.15) is 24.1 Å². The quantitative estimate of drug-likeness (QED) is 0.669. The number of fused-ring (bicyclic) bond motifs is 1. The molecule has 0 spiro atoms. The molecule has 6 heteroatoms. The van der Waals surface area contributed by atoms with Gasteiger partial charge in [-0.25, -0.2) is 0 Å². The first kappa shape index (κ1) is 13.9. The molecule has 2 nitrogen and oxygen atoms in total. The Morgan fingerprint density at radius 2 is 1.67 bits per heavy atom. The highest BCUT2D eigenvalue weighted by Gasteiger charge is 2.31. The summed E-state index contributed by atoms with van der Waals surface area (Å²) in [7, 11) is 0. The Bertz CT molecular complexity index is 676. The van der Waals surface area contributed by atoms with Crippen molar-refractivity contribution in [2.75, 3.05) is 5.32 Å². The summed E-state index contributed by atoms with van der Waals surface area (Å²) in [5.74, 6) is -6.29. The molecule has 2 unspecified atom stereocenters. The minimum Gasteiger partial charge on any atom is -0.373 e. The van der Waals surface area contributed by atoms with Crippen molar-refractivity contribution in [2.45, 2.75) is 19.4 Å². The third-order valence-electron chi connectivity index (χ3n) is 3.80. The lowest BCUT2D eigenvalue weighted by Crippen LogP contribution is -2.18. The molecule has 21 heavy (non-hydrogen) atoms. The van der Waals surface area contributed by atoms with Crippen LogP contribution in [0.25, 0.3) is 0 Å². The van der Waals surface area contributed by atoms with E-state index < -0.39 is 35.3 Å². The van der Waals surface area contributed by atoms with Gasteiger partial charge >= 0.3 is 0 Å². The minimum atomic E-state index is -1.66. The Balaban J connectivity index is 2.02. The van der Waals surface area contributed by atoms with E-state index in [1.807, 2.05) is 31.2 Å². The van der Waals surface area contributed by atoms with E-state index in [0.717, 1.165) is 17.5 Å². The molecule has 2 aromatic rings. The summed E-state index contributed by atoms with van der Waals surface area (Å²) < 4.78 is 53.7. The van der Waals surface area contributed by atoms with Gasteiger partial charge in [-0.2, -0.15) is 22.5 Å². The number of nitrogens with one attached hydrogen (secondary N) is 1. The average Bonchev–Trinajstić information content (AvgIpc) is 2.77. The molecule has 1 aliphatic carbocycles. The van der Waals surface area contributed by atoms with E-state index in [1.165, 1.54) is 0 Å². The lowest BCUT2D eigenvalue weighted by atomic mass is 10.0. The van der Waals surface area contributed by atoms with Gasteiger partial charge in [0, 0.05) is 0 Å². The highest BCUT2D eigenvalue weighted by Crippen LogP contribution is 2.39. The molecule has 0 bridgehead atoms. The van der Waals surface area contributed by atoms with Crippen molar-refractivity contribution in [3.63, 3.8) is 0 Å². The normalized spacial score (nSPS) is 20.4. The summed E-state index contributed by atoms with van der Waals surface area (Å²) in [4.78, 5) is 2.55. The molecule has 0 saturated heterocycles. The SMILES string of the molecule is CC1Cc2ccccc2C1Nc1c(F)c(F)nc(F)c1F. The van der Waals surface area contributed by atoms with E-state index in [4.69, 9.17) is 0 Å². The van der Waals surface area contributed by atoms with Gasteiger partial charge in [0.15, 0.2) is 0 Å². The molecular formula is C15H12F4N2. The molecule has 0 saturated carbocycles. The van der Waals surface area contributed by atoms with Gasteiger partial charge in [0.2, 0.25) is 11.6 Å². The molecule has 1 N–H and O–H groups in total. The van der Waals surface area contributed by atoms with Crippen LogP contribution in [0.3, 0.4) is 0 Å². The third-order valence-corrected chi connectivity index (χ3v) is 3.80. The van der Waals surface area contributed by atoms with E-state index in [1.54, 1.807) is 0 Å². The van der Waals surface area contributed by atoms with E-state index in [9.17, 15) is 17.6 Å². The Labute approximate surface area is 118 Å². The van der Waals surface area contributed by atoms with Crippen LogP contribution in [0.15, 0.2) is 24.3 Å². The molecule has 0 aliphatic heterocycles. The first-order valence-corrected chi connectivity index (χ1v) is 6.53. The fraction of sp³-hybridized carbons (Fsp3) is 0.267. The van der Waals surface area contributed by atoms with Crippen LogP contribution >= 0.6 is 0 Å². The number of halogens is 4. The van der Waals surface area contributed by atoms with Crippen LogP contribution in [0, 0.1) is 29.4 Å². The molecule has 1 aromatic heterocycles. The van der Waals surface area contributed by atoms with Gasteiger partial charge in [0.1, 0.15) is 5.69 Å². The molecule has 1 aliphatic rings. The summed E-state index contributed by atoms with van der Waals surface area (Å²) in [5.41, 5.74) is 1.12. The summed E-state index contributed by atoms with van der Waals surface area (Å²) in [6.45, 7) is 1.90. The number of hydrogen-bond donors (Lipinski definition) is 1. The number of rotatable bonds is 2. The Morgan fingerprint density at radius 1 is 1.05 bits per heavy atom. The van der Waals surface area contributed by atoms with Crippen molar-refractivity contribution in [3.8, 4) is 0 Å². The van der Waals surface area contributed by atoms with Gasteiger partial charge in [-0.05, 0) is 23.5 Å². The van der Waals surface area contributed by atoms with Crippen LogP contribution in [-0.4, -0.2) is 4.98 Å². The summed E-state index contributed by atoms with van der Waals surface area (Å²) in [6.07, 6.45) is 0.729. The van der Waals surface area contributed by atoms with E-state index in [0.29, 0.717) is 0 Å². The maximum absolute atomic E-state index is 13.7. The van der Waals surface area contributed by atoms with Crippen LogP contribution in [0.2, 0.25) is 0 Å². The predicted molar refractivity (Wildman–Crippen MR) is 69.7 cm³/mol. The fourth-order valence-corrected chi connectivity index (χ4v) is 2.78. The first-order chi connectivity index (χ1) is 9.99. The number of pyridine rings is 1. The van der Waals surface area contributed by atoms with Gasteiger partial charge in [0.05, 0.1) is 6.04 Å². The lowest BCUT2D eigenvalue weighted by Gasteiger charge is -2.21. The van der Waals surface area contributed by atoms with E-state index >= 15 is 0 Å². The monoisotopic (exact) mass is 296 g/mol. The van der Waals surface area contributed by atoms with E-state index in [2.05, 4.69) is 10.3 Å². The van der Waals surface area contributed by atoms with Crippen molar-refractivity contribution in [1.82, 2.24) is 4.98 Å². The number of benzene rings is 1. The third kappa shape index (κ3) is 2.24. The zero-order valence-corrected chi connectivity index (χ0v) is 11.1. The van der Waals surface area contributed by atoms with Crippen molar-refractivity contribution < 1.29 is 17.6 Å².